The van der Waals surface area contributed by atoms with Crippen LogP contribution < -0.4 is 0 Å². The molecule has 2 unspecified atom stereocenters. The summed E-state index contributed by atoms with van der Waals surface area (Å²) >= 11 is 0. The Labute approximate surface area is 102 Å². The Morgan fingerprint density at radius 2 is 1.25 bits per heavy atom. The van der Waals surface area contributed by atoms with Gasteiger partial charge in [-0.3, -0.25) is 4.90 Å². The second-order valence-corrected chi connectivity index (χ2v) is 8.07. The summed E-state index contributed by atoms with van der Waals surface area (Å²) < 4.78 is 0. The average molecular weight is 223 g/mol. The lowest BCUT2D eigenvalue weighted by molar-refractivity contribution is -0.00262. The molecule has 0 spiro atoms. The zero-order chi connectivity index (χ0) is 12.1. The van der Waals surface area contributed by atoms with Crippen LogP contribution in [0.2, 0.25) is 0 Å². The van der Waals surface area contributed by atoms with Gasteiger partial charge in [0.1, 0.15) is 0 Å². The Morgan fingerprint density at radius 1 is 0.812 bits per heavy atom. The zero-order valence-corrected chi connectivity index (χ0v) is 12.0. The van der Waals surface area contributed by atoms with E-state index in [1.807, 2.05) is 0 Å². The Morgan fingerprint density at radius 3 is 1.56 bits per heavy atom. The molecule has 94 valence electrons. The van der Waals surface area contributed by atoms with E-state index in [2.05, 4.69) is 46.4 Å². The third-order valence-corrected chi connectivity index (χ3v) is 4.78. The molecule has 0 N–H and O–H groups in total. The standard InChI is InChI=1S/C15H29N/c1-14(2,3)13-11-7-8-12(13)10-16(9-11)15(4,5)6/h11-13H,7-10H2,1-6H3. The number of piperidine rings is 1. The molecular weight excluding hydrogens is 194 g/mol. The number of rotatable bonds is 0. The van der Waals surface area contributed by atoms with E-state index in [-0.39, 0.29) is 0 Å². The fourth-order valence-electron chi connectivity index (χ4n) is 4.18. The predicted octanol–water partition coefficient (Wildman–Crippen LogP) is 3.79. The molecule has 0 aromatic heterocycles. The molecule has 1 heterocycles. The van der Waals surface area contributed by atoms with Gasteiger partial charge in [-0.05, 0) is 56.8 Å². The van der Waals surface area contributed by atoms with Crippen LogP contribution in [0.15, 0.2) is 0 Å². The molecule has 1 aliphatic carbocycles. The van der Waals surface area contributed by atoms with Gasteiger partial charge in [0.15, 0.2) is 0 Å². The molecule has 2 rings (SSSR count). The van der Waals surface area contributed by atoms with Crippen LogP contribution in [0.5, 0.6) is 0 Å². The van der Waals surface area contributed by atoms with Crippen molar-refractivity contribution >= 4 is 0 Å². The second-order valence-electron chi connectivity index (χ2n) is 8.07. The molecule has 16 heavy (non-hydrogen) atoms. The average Bonchev–Trinajstić information content (AvgIpc) is 2.35. The number of likely N-dealkylation sites (tertiary alicyclic amines) is 1. The van der Waals surface area contributed by atoms with Gasteiger partial charge in [0, 0.05) is 18.6 Å². The molecule has 1 aliphatic heterocycles. The SMILES string of the molecule is CC(C)(C)C1C2CCC1CN(C(C)(C)C)C2. The minimum absolute atomic E-state index is 0.365. The number of hydrogen-bond acceptors (Lipinski definition) is 1. The monoisotopic (exact) mass is 223 g/mol. The van der Waals surface area contributed by atoms with Gasteiger partial charge in [-0.1, -0.05) is 20.8 Å². The highest BCUT2D eigenvalue weighted by molar-refractivity contribution is 4.99. The summed E-state index contributed by atoms with van der Waals surface area (Å²) in [4.78, 5) is 2.72. The van der Waals surface area contributed by atoms with Crippen molar-refractivity contribution in [2.75, 3.05) is 13.1 Å². The molecule has 0 aromatic rings. The maximum absolute atomic E-state index is 2.72. The lowest BCUT2D eigenvalue weighted by Gasteiger charge is -2.48. The summed E-state index contributed by atoms with van der Waals surface area (Å²) in [6, 6.07) is 0. The van der Waals surface area contributed by atoms with Gasteiger partial charge in [0.2, 0.25) is 0 Å². The molecule has 0 radical (unpaired) electrons. The van der Waals surface area contributed by atoms with Crippen LogP contribution in [0, 0.1) is 23.2 Å². The van der Waals surface area contributed by atoms with Gasteiger partial charge in [-0.2, -0.15) is 0 Å². The molecule has 1 nitrogen and oxygen atoms in total. The van der Waals surface area contributed by atoms with Crippen LogP contribution in [-0.4, -0.2) is 23.5 Å². The van der Waals surface area contributed by atoms with Crippen LogP contribution in [0.3, 0.4) is 0 Å². The first-order valence-corrected chi connectivity index (χ1v) is 6.94. The Balaban J connectivity index is 2.13. The first-order valence-electron chi connectivity index (χ1n) is 6.94. The van der Waals surface area contributed by atoms with Crippen molar-refractivity contribution in [3.05, 3.63) is 0 Å². The Hall–Kier alpha value is -0.0400. The third kappa shape index (κ3) is 2.16. The number of hydrogen-bond donors (Lipinski definition) is 0. The third-order valence-electron chi connectivity index (χ3n) is 4.78. The number of fused-ring (bicyclic) bond motifs is 2. The van der Waals surface area contributed by atoms with Gasteiger partial charge < -0.3 is 0 Å². The maximum Gasteiger partial charge on any atom is 0.0125 e. The second kappa shape index (κ2) is 3.73. The Bertz CT molecular complexity index is 242. The van der Waals surface area contributed by atoms with Crippen molar-refractivity contribution in [2.45, 2.75) is 59.9 Å². The quantitative estimate of drug-likeness (QED) is 0.604. The molecular formula is C15H29N. The van der Waals surface area contributed by atoms with Crippen LogP contribution in [0.4, 0.5) is 0 Å². The predicted molar refractivity (Wildman–Crippen MR) is 70.5 cm³/mol. The van der Waals surface area contributed by atoms with Crippen molar-refractivity contribution in [1.82, 2.24) is 4.90 Å². The topological polar surface area (TPSA) is 3.24 Å². The summed E-state index contributed by atoms with van der Waals surface area (Å²) in [6.07, 6.45) is 2.94. The summed E-state index contributed by atoms with van der Waals surface area (Å²) in [6.45, 7) is 17.1. The van der Waals surface area contributed by atoms with Gasteiger partial charge in [-0.25, -0.2) is 0 Å². The highest BCUT2D eigenvalue weighted by Crippen LogP contribution is 2.51. The molecule has 2 aliphatic rings. The molecule has 2 bridgehead atoms. The minimum atomic E-state index is 0.365. The molecule has 0 amide bonds. The van der Waals surface area contributed by atoms with E-state index in [0.29, 0.717) is 11.0 Å². The van der Waals surface area contributed by atoms with Crippen molar-refractivity contribution in [2.24, 2.45) is 23.2 Å². The lowest BCUT2D eigenvalue weighted by atomic mass is 9.68. The first-order chi connectivity index (χ1) is 7.19. The van der Waals surface area contributed by atoms with Crippen molar-refractivity contribution < 1.29 is 0 Å². The fourth-order valence-corrected chi connectivity index (χ4v) is 4.18. The van der Waals surface area contributed by atoms with Crippen molar-refractivity contribution in [3.63, 3.8) is 0 Å². The smallest absolute Gasteiger partial charge is 0.0125 e. The van der Waals surface area contributed by atoms with Crippen LogP contribution >= 0.6 is 0 Å². The highest BCUT2D eigenvalue weighted by Gasteiger charge is 2.48. The van der Waals surface area contributed by atoms with Crippen LogP contribution in [0.1, 0.15) is 54.4 Å². The minimum Gasteiger partial charge on any atom is -0.298 e. The summed E-state index contributed by atoms with van der Waals surface area (Å²) in [5.74, 6) is 2.88. The van der Waals surface area contributed by atoms with Gasteiger partial charge in [0.05, 0.1) is 0 Å². The zero-order valence-electron chi connectivity index (χ0n) is 12.0. The first kappa shape index (κ1) is 12.4. The molecule has 1 saturated heterocycles. The summed E-state index contributed by atoms with van der Waals surface area (Å²) in [5, 5.41) is 0. The molecule has 1 heteroatoms. The van der Waals surface area contributed by atoms with E-state index in [4.69, 9.17) is 0 Å². The van der Waals surface area contributed by atoms with E-state index < -0.39 is 0 Å². The van der Waals surface area contributed by atoms with E-state index in [1.165, 1.54) is 25.9 Å². The summed E-state index contributed by atoms with van der Waals surface area (Å²) in [5.41, 5.74) is 0.875. The normalized spacial score (nSPS) is 36.8. The highest BCUT2D eigenvalue weighted by atomic mass is 15.2. The molecule has 1 saturated carbocycles. The number of nitrogens with zero attached hydrogens (tertiary/aromatic N) is 1. The van der Waals surface area contributed by atoms with Gasteiger partial charge in [0.25, 0.3) is 0 Å². The molecule has 2 fully saturated rings. The van der Waals surface area contributed by atoms with Gasteiger partial charge in [-0.15, -0.1) is 0 Å². The lowest BCUT2D eigenvalue weighted by Crippen LogP contribution is -2.53. The van der Waals surface area contributed by atoms with Crippen molar-refractivity contribution in [1.29, 1.82) is 0 Å². The van der Waals surface area contributed by atoms with Crippen molar-refractivity contribution in [3.8, 4) is 0 Å². The van der Waals surface area contributed by atoms with E-state index in [9.17, 15) is 0 Å². The van der Waals surface area contributed by atoms with Gasteiger partial charge >= 0.3 is 0 Å². The molecule has 0 aromatic carbocycles. The van der Waals surface area contributed by atoms with E-state index in [1.54, 1.807) is 0 Å². The van der Waals surface area contributed by atoms with Crippen LogP contribution in [-0.2, 0) is 0 Å². The fraction of sp³-hybridized carbons (Fsp3) is 1.00. The largest absolute Gasteiger partial charge is 0.298 e. The van der Waals surface area contributed by atoms with E-state index in [0.717, 1.165) is 17.8 Å². The molecule has 2 atom stereocenters. The van der Waals surface area contributed by atoms with E-state index >= 15 is 0 Å². The Kier molecular flexibility index (Phi) is 2.89. The van der Waals surface area contributed by atoms with Crippen LogP contribution in [0.25, 0.3) is 0 Å². The maximum atomic E-state index is 2.72. The summed E-state index contributed by atoms with van der Waals surface area (Å²) in [7, 11) is 0.